The maximum atomic E-state index is 12.2. The van der Waals surface area contributed by atoms with Crippen LogP contribution < -0.4 is 10.5 Å². The molecule has 21 heavy (non-hydrogen) atoms. The Bertz CT molecular complexity index is 636. The smallest absolute Gasteiger partial charge is 0.253 e. The Hall–Kier alpha value is -0.670. The molecule has 0 bridgehead atoms. The van der Waals surface area contributed by atoms with Gasteiger partial charge in [0.25, 0.3) is 5.91 Å². The van der Waals surface area contributed by atoms with Crippen LogP contribution in [-0.2, 0) is 14.8 Å². The molecule has 3 N–H and O–H groups in total. The number of nitrogens with one attached hydrogen (secondary N) is 1. The normalized spacial score (nSPS) is 13.0. The number of halogens is 2. The van der Waals surface area contributed by atoms with Crippen molar-refractivity contribution in [1.82, 2.24) is 5.32 Å². The van der Waals surface area contributed by atoms with Crippen LogP contribution in [0.3, 0.4) is 0 Å². The molecule has 6 nitrogen and oxygen atoms in total. The molecule has 0 aliphatic heterocycles. The van der Waals surface area contributed by atoms with E-state index in [0.29, 0.717) is 13.0 Å². The van der Waals surface area contributed by atoms with Crippen molar-refractivity contribution in [3.63, 3.8) is 0 Å². The SMILES string of the molecule is CCC(COC)NC(=O)c1cc(S(N)(=O)=O)c(Br)cc1Cl. The number of carbonyl (C=O) groups excluding carboxylic acids is 1. The number of nitrogens with two attached hydrogens (primary N) is 1. The summed E-state index contributed by atoms with van der Waals surface area (Å²) in [6.45, 7) is 2.24. The highest BCUT2D eigenvalue weighted by molar-refractivity contribution is 9.10. The molecule has 1 amide bonds. The number of methoxy groups -OCH3 is 1. The first-order chi connectivity index (χ1) is 9.70. The summed E-state index contributed by atoms with van der Waals surface area (Å²) in [6.07, 6.45) is 0.662. The Labute approximate surface area is 137 Å². The van der Waals surface area contributed by atoms with Gasteiger partial charge in [0, 0.05) is 11.6 Å². The van der Waals surface area contributed by atoms with Gasteiger partial charge in [0.1, 0.15) is 0 Å². The molecule has 0 fully saturated rings. The second-order valence-electron chi connectivity index (χ2n) is 4.34. The summed E-state index contributed by atoms with van der Waals surface area (Å²) in [7, 11) is -2.43. The summed E-state index contributed by atoms with van der Waals surface area (Å²) in [5.74, 6) is -0.485. The lowest BCUT2D eigenvalue weighted by Gasteiger charge is -2.17. The van der Waals surface area contributed by atoms with Crippen LogP contribution >= 0.6 is 27.5 Å². The molecule has 1 rings (SSSR count). The van der Waals surface area contributed by atoms with Gasteiger partial charge in [-0.3, -0.25) is 4.79 Å². The Morgan fingerprint density at radius 1 is 1.52 bits per heavy atom. The number of carbonyl (C=O) groups is 1. The van der Waals surface area contributed by atoms with E-state index < -0.39 is 15.9 Å². The number of primary sulfonamides is 1. The Morgan fingerprint density at radius 3 is 2.62 bits per heavy atom. The van der Waals surface area contributed by atoms with E-state index in [4.69, 9.17) is 21.5 Å². The van der Waals surface area contributed by atoms with Gasteiger partial charge in [-0.1, -0.05) is 18.5 Å². The van der Waals surface area contributed by atoms with Crippen molar-refractivity contribution in [3.8, 4) is 0 Å². The standard InChI is InChI=1S/C12H16BrClN2O4S/c1-3-7(6-20-2)16-12(17)8-4-11(21(15,18)19)9(13)5-10(8)14/h4-5,7H,3,6H2,1-2H3,(H,16,17)(H2,15,18,19). The van der Waals surface area contributed by atoms with Crippen molar-refractivity contribution in [2.75, 3.05) is 13.7 Å². The molecule has 118 valence electrons. The van der Waals surface area contributed by atoms with Gasteiger partial charge < -0.3 is 10.1 Å². The van der Waals surface area contributed by atoms with E-state index in [0.717, 1.165) is 6.07 Å². The van der Waals surface area contributed by atoms with Gasteiger partial charge in [-0.25, -0.2) is 13.6 Å². The van der Waals surface area contributed by atoms with Crippen molar-refractivity contribution >= 4 is 43.5 Å². The lowest BCUT2D eigenvalue weighted by atomic mass is 10.1. The van der Waals surface area contributed by atoms with Gasteiger partial charge >= 0.3 is 0 Å². The third-order valence-electron chi connectivity index (χ3n) is 2.77. The largest absolute Gasteiger partial charge is 0.383 e. The average molecular weight is 400 g/mol. The highest BCUT2D eigenvalue weighted by atomic mass is 79.9. The van der Waals surface area contributed by atoms with E-state index in [-0.39, 0.29) is 26.0 Å². The second kappa shape index (κ2) is 7.55. The molecule has 1 aromatic rings. The lowest BCUT2D eigenvalue weighted by Crippen LogP contribution is -2.37. The van der Waals surface area contributed by atoms with Gasteiger partial charge in [-0.05, 0) is 34.5 Å². The van der Waals surface area contributed by atoms with Gasteiger partial charge in [0.05, 0.1) is 28.1 Å². The number of sulfonamides is 1. The van der Waals surface area contributed by atoms with Crippen LogP contribution in [0.15, 0.2) is 21.5 Å². The summed E-state index contributed by atoms with van der Waals surface area (Å²) in [6, 6.07) is 2.28. The van der Waals surface area contributed by atoms with E-state index in [1.807, 2.05) is 6.92 Å². The Kier molecular flexibility index (Phi) is 6.61. The maximum absolute atomic E-state index is 12.2. The fourth-order valence-electron chi connectivity index (χ4n) is 1.65. The zero-order chi connectivity index (χ0) is 16.2. The number of hydrogen-bond donors (Lipinski definition) is 2. The van der Waals surface area contributed by atoms with E-state index >= 15 is 0 Å². The summed E-state index contributed by atoms with van der Waals surface area (Å²) in [5, 5.41) is 7.95. The highest BCUT2D eigenvalue weighted by Crippen LogP contribution is 2.28. The van der Waals surface area contributed by atoms with Crippen molar-refractivity contribution in [3.05, 3.63) is 27.2 Å². The Morgan fingerprint density at radius 2 is 2.14 bits per heavy atom. The predicted molar refractivity (Wildman–Crippen MR) is 83.9 cm³/mol. The molecule has 0 aliphatic carbocycles. The van der Waals surface area contributed by atoms with E-state index in [2.05, 4.69) is 21.2 Å². The summed E-state index contributed by atoms with van der Waals surface area (Å²) >= 11 is 9.05. The average Bonchev–Trinajstić information content (AvgIpc) is 2.36. The molecule has 1 unspecified atom stereocenters. The van der Waals surface area contributed by atoms with Crippen LogP contribution in [0.5, 0.6) is 0 Å². The van der Waals surface area contributed by atoms with Crippen molar-refractivity contribution in [2.45, 2.75) is 24.3 Å². The minimum absolute atomic E-state index is 0.0402. The maximum Gasteiger partial charge on any atom is 0.253 e. The molecule has 0 spiro atoms. The van der Waals surface area contributed by atoms with Crippen LogP contribution in [0, 0.1) is 0 Å². The molecule has 0 radical (unpaired) electrons. The van der Waals surface area contributed by atoms with Crippen LogP contribution in [0.4, 0.5) is 0 Å². The minimum atomic E-state index is -3.96. The molecule has 0 aromatic heterocycles. The molecule has 9 heteroatoms. The van der Waals surface area contributed by atoms with Crippen LogP contribution in [-0.4, -0.2) is 34.1 Å². The fraction of sp³-hybridized carbons (Fsp3) is 0.417. The summed E-state index contributed by atoms with van der Waals surface area (Å²) in [4.78, 5) is 12.0. The molecular weight excluding hydrogens is 384 g/mol. The first-order valence-electron chi connectivity index (χ1n) is 6.02. The van der Waals surface area contributed by atoms with Gasteiger partial charge in [-0.2, -0.15) is 0 Å². The molecular formula is C12H16BrClN2O4S. The monoisotopic (exact) mass is 398 g/mol. The van der Waals surface area contributed by atoms with Gasteiger partial charge in [0.15, 0.2) is 0 Å². The third kappa shape index (κ3) is 4.93. The van der Waals surface area contributed by atoms with Crippen molar-refractivity contribution in [1.29, 1.82) is 0 Å². The number of amides is 1. The zero-order valence-electron chi connectivity index (χ0n) is 11.5. The Balaban J connectivity index is 3.15. The molecule has 0 heterocycles. The lowest BCUT2D eigenvalue weighted by molar-refractivity contribution is 0.0894. The highest BCUT2D eigenvalue weighted by Gasteiger charge is 2.21. The van der Waals surface area contributed by atoms with Crippen LogP contribution in [0.2, 0.25) is 5.02 Å². The summed E-state index contributed by atoms with van der Waals surface area (Å²) < 4.78 is 28.1. The molecule has 0 aliphatic rings. The predicted octanol–water partition coefficient (Wildman–Crippen LogP) is 1.90. The number of hydrogen-bond acceptors (Lipinski definition) is 4. The molecule has 0 saturated carbocycles. The van der Waals surface area contributed by atoms with E-state index in [1.54, 1.807) is 0 Å². The first-order valence-corrected chi connectivity index (χ1v) is 8.74. The first kappa shape index (κ1) is 18.4. The zero-order valence-corrected chi connectivity index (χ0v) is 14.7. The minimum Gasteiger partial charge on any atom is -0.383 e. The molecule has 1 atom stereocenters. The second-order valence-corrected chi connectivity index (χ2v) is 7.13. The van der Waals surface area contributed by atoms with Gasteiger partial charge in [0.2, 0.25) is 10.0 Å². The molecule has 1 aromatic carbocycles. The quantitative estimate of drug-likeness (QED) is 0.763. The van der Waals surface area contributed by atoms with E-state index in [1.165, 1.54) is 13.2 Å². The fourth-order valence-corrected chi connectivity index (χ4v) is 3.66. The van der Waals surface area contributed by atoms with Crippen LogP contribution in [0.25, 0.3) is 0 Å². The van der Waals surface area contributed by atoms with Crippen molar-refractivity contribution in [2.24, 2.45) is 5.14 Å². The number of benzene rings is 1. The van der Waals surface area contributed by atoms with Crippen LogP contribution in [0.1, 0.15) is 23.7 Å². The third-order valence-corrected chi connectivity index (χ3v) is 4.95. The number of rotatable bonds is 6. The van der Waals surface area contributed by atoms with Crippen molar-refractivity contribution < 1.29 is 17.9 Å². The van der Waals surface area contributed by atoms with E-state index in [9.17, 15) is 13.2 Å². The summed E-state index contributed by atoms with van der Waals surface area (Å²) in [5.41, 5.74) is 0.0402. The van der Waals surface area contributed by atoms with Gasteiger partial charge in [-0.15, -0.1) is 0 Å². The number of ether oxygens (including phenoxy) is 1. The topological polar surface area (TPSA) is 98.5 Å². The molecule has 0 saturated heterocycles.